The van der Waals surface area contributed by atoms with Gasteiger partial charge in [-0.2, -0.15) is 4.98 Å². The third-order valence-electron chi connectivity index (χ3n) is 5.36. The van der Waals surface area contributed by atoms with E-state index in [-0.39, 0.29) is 18.4 Å². The van der Waals surface area contributed by atoms with Crippen molar-refractivity contribution in [3.63, 3.8) is 0 Å². The van der Waals surface area contributed by atoms with Gasteiger partial charge in [0.25, 0.3) is 5.91 Å². The van der Waals surface area contributed by atoms with E-state index in [1.165, 1.54) is 0 Å². The summed E-state index contributed by atoms with van der Waals surface area (Å²) in [5.41, 5.74) is 3.63. The Hall–Kier alpha value is -3.68. The van der Waals surface area contributed by atoms with Crippen molar-refractivity contribution < 1.29 is 14.1 Å². The number of benzene rings is 2. The standard InChI is InChI=1S/C23H25N5O3/c1-16-3-5-19(6-4-16)23(30)24-15-21(29)28-13-11-27(12-14-28)20-9-7-18(8-10-20)22-25-17(2)31-26-22/h3-10H,11-15H2,1-2H3,(H,24,30). The Morgan fingerprint density at radius 1 is 0.968 bits per heavy atom. The van der Waals surface area contributed by atoms with Gasteiger partial charge in [-0.05, 0) is 43.3 Å². The van der Waals surface area contributed by atoms with E-state index >= 15 is 0 Å². The van der Waals surface area contributed by atoms with Crippen LogP contribution in [0, 0.1) is 13.8 Å². The highest BCUT2D eigenvalue weighted by atomic mass is 16.5. The first kappa shape index (κ1) is 20.6. The van der Waals surface area contributed by atoms with Gasteiger partial charge in [-0.1, -0.05) is 22.9 Å². The second-order valence-corrected chi connectivity index (χ2v) is 7.60. The Morgan fingerprint density at radius 3 is 2.26 bits per heavy atom. The quantitative estimate of drug-likeness (QED) is 0.683. The van der Waals surface area contributed by atoms with Crippen LogP contribution < -0.4 is 10.2 Å². The number of amides is 2. The Bertz CT molecular complexity index is 1050. The second-order valence-electron chi connectivity index (χ2n) is 7.60. The van der Waals surface area contributed by atoms with Crippen molar-refractivity contribution in [1.82, 2.24) is 20.4 Å². The number of anilines is 1. The summed E-state index contributed by atoms with van der Waals surface area (Å²) in [6.45, 7) is 6.44. The summed E-state index contributed by atoms with van der Waals surface area (Å²) in [6.07, 6.45) is 0. The van der Waals surface area contributed by atoms with Crippen LogP contribution in [0.5, 0.6) is 0 Å². The molecule has 4 rings (SSSR count). The van der Waals surface area contributed by atoms with Gasteiger partial charge in [-0.25, -0.2) is 0 Å². The van der Waals surface area contributed by atoms with E-state index in [4.69, 9.17) is 4.52 Å². The zero-order valence-corrected chi connectivity index (χ0v) is 17.7. The fraction of sp³-hybridized carbons (Fsp3) is 0.304. The number of aromatic nitrogens is 2. The molecule has 0 atom stereocenters. The molecule has 160 valence electrons. The van der Waals surface area contributed by atoms with Gasteiger partial charge in [-0.3, -0.25) is 9.59 Å². The maximum absolute atomic E-state index is 12.5. The van der Waals surface area contributed by atoms with Gasteiger partial charge in [0, 0.05) is 49.9 Å². The molecule has 2 heterocycles. The van der Waals surface area contributed by atoms with Crippen molar-refractivity contribution in [3.05, 3.63) is 65.5 Å². The van der Waals surface area contributed by atoms with Gasteiger partial charge in [0.2, 0.25) is 17.6 Å². The van der Waals surface area contributed by atoms with Crippen molar-refractivity contribution in [3.8, 4) is 11.4 Å². The van der Waals surface area contributed by atoms with Gasteiger partial charge in [0.05, 0.1) is 6.54 Å². The number of piperazine rings is 1. The molecule has 8 nitrogen and oxygen atoms in total. The molecule has 0 spiro atoms. The monoisotopic (exact) mass is 419 g/mol. The number of nitrogens with one attached hydrogen (secondary N) is 1. The van der Waals surface area contributed by atoms with Gasteiger partial charge in [0.15, 0.2) is 0 Å². The van der Waals surface area contributed by atoms with E-state index in [9.17, 15) is 9.59 Å². The first-order valence-electron chi connectivity index (χ1n) is 10.3. The molecule has 0 bridgehead atoms. The van der Waals surface area contributed by atoms with Crippen molar-refractivity contribution in [1.29, 1.82) is 0 Å². The summed E-state index contributed by atoms with van der Waals surface area (Å²) in [7, 11) is 0. The zero-order chi connectivity index (χ0) is 21.8. The SMILES string of the molecule is Cc1ccc(C(=O)NCC(=O)N2CCN(c3ccc(-c4noc(C)n4)cc3)CC2)cc1. The topological polar surface area (TPSA) is 91.6 Å². The molecule has 1 aliphatic heterocycles. The summed E-state index contributed by atoms with van der Waals surface area (Å²) < 4.78 is 5.03. The molecule has 2 amide bonds. The van der Waals surface area contributed by atoms with Crippen LogP contribution in [0.2, 0.25) is 0 Å². The first-order chi connectivity index (χ1) is 15.0. The molecule has 31 heavy (non-hydrogen) atoms. The minimum Gasteiger partial charge on any atom is -0.368 e. The smallest absolute Gasteiger partial charge is 0.251 e. The number of nitrogens with zero attached hydrogens (tertiary/aromatic N) is 4. The van der Waals surface area contributed by atoms with E-state index in [1.54, 1.807) is 24.0 Å². The molecule has 1 N–H and O–H groups in total. The van der Waals surface area contributed by atoms with E-state index in [0.29, 0.717) is 30.4 Å². The van der Waals surface area contributed by atoms with Crippen LogP contribution in [0.4, 0.5) is 5.69 Å². The molecule has 0 saturated carbocycles. The highest BCUT2D eigenvalue weighted by Crippen LogP contribution is 2.22. The molecule has 0 unspecified atom stereocenters. The molecule has 0 aliphatic carbocycles. The fourth-order valence-corrected chi connectivity index (χ4v) is 3.53. The molecule has 1 fully saturated rings. The van der Waals surface area contributed by atoms with Crippen molar-refractivity contribution in [2.75, 3.05) is 37.6 Å². The maximum Gasteiger partial charge on any atom is 0.251 e. The lowest BCUT2D eigenvalue weighted by Crippen LogP contribution is -2.51. The van der Waals surface area contributed by atoms with Crippen molar-refractivity contribution in [2.24, 2.45) is 0 Å². The molecule has 1 aromatic heterocycles. The van der Waals surface area contributed by atoms with Crippen LogP contribution in [0.15, 0.2) is 53.1 Å². The predicted octanol–water partition coefficient (Wildman–Crippen LogP) is 2.43. The Balaban J connectivity index is 1.26. The summed E-state index contributed by atoms with van der Waals surface area (Å²) in [6, 6.07) is 15.3. The van der Waals surface area contributed by atoms with Gasteiger partial charge >= 0.3 is 0 Å². The van der Waals surface area contributed by atoms with Crippen LogP contribution in [0.1, 0.15) is 21.8 Å². The average Bonchev–Trinajstić information content (AvgIpc) is 3.24. The lowest BCUT2D eigenvalue weighted by atomic mass is 10.1. The third kappa shape index (κ3) is 4.91. The molecule has 8 heteroatoms. The van der Waals surface area contributed by atoms with Gasteiger partial charge < -0.3 is 19.6 Å². The predicted molar refractivity (Wildman–Crippen MR) is 117 cm³/mol. The van der Waals surface area contributed by atoms with Crippen LogP contribution in [0.25, 0.3) is 11.4 Å². The zero-order valence-electron chi connectivity index (χ0n) is 17.7. The van der Waals surface area contributed by atoms with Crippen molar-refractivity contribution in [2.45, 2.75) is 13.8 Å². The van der Waals surface area contributed by atoms with E-state index < -0.39 is 0 Å². The van der Waals surface area contributed by atoms with Crippen LogP contribution >= 0.6 is 0 Å². The molecule has 2 aromatic carbocycles. The Kier molecular flexibility index (Phi) is 5.97. The molecular formula is C23H25N5O3. The number of carbonyl (C=O) groups is 2. The summed E-state index contributed by atoms with van der Waals surface area (Å²) in [4.78, 5) is 33.0. The van der Waals surface area contributed by atoms with Crippen molar-refractivity contribution >= 4 is 17.5 Å². The van der Waals surface area contributed by atoms with Gasteiger partial charge in [0.1, 0.15) is 0 Å². The maximum atomic E-state index is 12.5. The third-order valence-corrected chi connectivity index (χ3v) is 5.36. The highest BCUT2D eigenvalue weighted by molar-refractivity contribution is 5.96. The number of aryl methyl sites for hydroxylation is 2. The Labute approximate surface area is 180 Å². The minimum absolute atomic E-state index is 0.00548. The lowest BCUT2D eigenvalue weighted by molar-refractivity contribution is -0.130. The normalized spacial score (nSPS) is 13.9. The lowest BCUT2D eigenvalue weighted by Gasteiger charge is -2.36. The Morgan fingerprint density at radius 2 is 1.65 bits per heavy atom. The van der Waals surface area contributed by atoms with Crippen LogP contribution in [0.3, 0.4) is 0 Å². The molecule has 1 aliphatic rings. The summed E-state index contributed by atoms with van der Waals surface area (Å²) >= 11 is 0. The first-order valence-corrected chi connectivity index (χ1v) is 10.3. The molecular weight excluding hydrogens is 394 g/mol. The van der Waals surface area contributed by atoms with E-state index in [2.05, 4.69) is 20.4 Å². The molecule has 1 saturated heterocycles. The fourth-order valence-electron chi connectivity index (χ4n) is 3.53. The summed E-state index contributed by atoms with van der Waals surface area (Å²) in [5.74, 6) is 0.814. The molecule has 0 radical (unpaired) electrons. The van der Waals surface area contributed by atoms with Crippen LogP contribution in [-0.4, -0.2) is 59.6 Å². The number of rotatable bonds is 5. The number of hydrogen-bond acceptors (Lipinski definition) is 6. The average molecular weight is 419 g/mol. The van der Waals surface area contributed by atoms with E-state index in [1.807, 2.05) is 43.3 Å². The highest BCUT2D eigenvalue weighted by Gasteiger charge is 2.22. The van der Waals surface area contributed by atoms with Gasteiger partial charge in [-0.15, -0.1) is 0 Å². The van der Waals surface area contributed by atoms with E-state index in [0.717, 1.165) is 29.9 Å². The van der Waals surface area contributed by atoms with Crippen LogP contribution in [-0.2, 0) is 4.79 Å². The molecule has 3 aromatic rings. The second kappa shape index (κ2) is 8.99. The largest absolute Gasteiger partial charge is 0.368 e. The minimum atomic E-state index is -0.233. The number of carbonyl (C=O) groups excluding carboxylic acids is 2. The summed E-state index contributed by atoms with van der Waals surface area (Å²) in [5, 5.41) is 6.66. The number of hydrogen-bond donors (Lipinski definition) is 1.